The highest BCUT2D eigenvalue weighted by Crippen LogP contribution is 2.25. The van der Waals surface area contributed by atoms with Crippen molar-refractivity contribution >= 4 is 27.8 Å². The number of aromatic nitrogens is 1. The highest BCUT2D eigenvalue weighted by atomic mass is 16.4. The van der Waals surface area contributed by atoms with Crippen molar-refractivity contribution in [2.24, 2.45) is 0 Å². The first-order valence-corrected chi connectivity index (χ1v) is 5.22. The highest BCUT2D eigenvalue weighted by molar-refractivity contribution is 6.13. The number of hydrogen-bond donors (Lipinski definition) is 1. The second-order valence-corrected chi connectivity index (χ2v) is 3.79. The van der Waals surface area contributed by atoms with Gasteiger partial charge in [-0.15, -0.1) is 0 Å². The standard InChI is InChI=1S/C13H7NO4/c15-11-6-8(13(16)17)12-7-2-1-5-14-9(7)3-4-10(12)18-11/h1-6H,(H,16,17). The predicted octanol–water partition coefficient (Wildman–Crippen LogP) is 2.04. The highest BCUT2D eigenvalue weighted by Gasteiger charge is 2.14. The normalized spacial score (nSPS) is 10.9. The van der Waals surface area contributed by atoms with Crippen molar-refractivity contribution < 1.29 is 14.3 Å². The molecule has 2 aromatic heterocycles. The first kappa shape index (κ1) is 10.5. The average Bonchev–Trinajstić information content (AvgIpc) is 2.37. The van der Waals surface area contributed by atoms with Crippen LogP contribution < -0.4 is 5.63 Å². The SMILES string of the molecule is O=C(O)c1cc(=O)oc2ccc3ncccc3c12. The Morgan fingerprint density at radius 1 is 1.28 bits per heavy atom. The lowest BCUT2D eigenvalue weighted by atomic mass is 10.0. The molecule has 0 radical (unpaired) electrons. The van der Waals surface area contributed by atoms with Crippen LogP contribution in [0.1, 0.15) is 10.4 Å². The van der Waals surface area contributed by atoms with Crippen molar-refractivity contribution in [3.63, 3.8) is 0 Å². The van der Waals surface area contributed by atoms with Crippen molar-refractivity contribution in [2.45, 2.75) is 0 Å². The summed E-state index contributed by atoms with van der Waals surface area (Å²) in [5.74, 6) is -1.16. The zero-order valence-electron chi connectivity index (χ0n) is 9.08. The number of fused-ring (bicyclic) bond motifs is 3. The van der Waals surface area contributed by atoms with Crippen LogP contribution in [0.3, 0.4) is 0 Å². The number of carboxylic acids is 1. The number of hydrogen-bond acceptors (Lipinski definition) is 4. The van der Waals surface area contributed by atoms with E-state index in [1.165, 1.54) is 0 Å². The van der Waals surface area contributed by atoms with E-state index in [0.717, 1.165) is 6.07 Å². The van der Waals surface area contributed by atoms with E-state index in [9.17, 15) is 9.59 Å². The van der Waals surface area contributed by atoms with E-state index in [4.69, 9.17) is 9.52 Å². The van der Waals surface area contributed by atoms with Gasteiger partial charge in [0.25, 0.3) is 0 Å². The van der Waals surface area contributed by atoms with E-state index < -0.39 is 11.6 Å². The van der Waals surface area contributed by atoms with Crippen molar-refractivity contribution in [1.29, 1.82) is 0 Å². The molecule has 0 atom stereocenters. The van der Waals surface area contributed by atoms with E-state index in [0.29, 0.717) is 16.3 Å². The fourth-order valence-electron chi connectivity index (χ4n) is 1.99. The number of rotatable bonds is 1. The van der Waals surface area contributed by atoms with Crippen LogP contribution in [0.2, 0.25) is 0 Å². The maximum absolute atomic E-state index is 11.3. The van der Waals surface area contributed by atoms with Gasteiger partial charge in [0.15, 0.2) is 0 Å². The number of carboxylic acid groups (broad SMARTS) is 1. The fourth-order valence-corrected chi connectivity index (χ4v) is 1.99. The molecule has 0 aliphatic heterocycles. The van der Waals surface area contributed by atoms with Crippen LogP contribution in [-0.4, -0.2) is 16.1 Å². The molecular formula is C13H7NO4. The third kappa shape index (κ3) is 1.45. The van der Waals surface area contributed by atoms with E-state index in [1.807, 2.05) is 0 Å². The molecule has 0 unspecified atom stereocenters. The van der Waals surface area contributed by atoms with Crippen molar-refractivity contribution in [2.75, 3.05) is 0 Å². The molecule has 0 spiro atoms. The molecule has 0 bridgehead atoms. The predicted molar refractivity (Wildman–Crippen MR) is 64.7 cm³/mol. The van der Waals surface area contributed by atoms with Crippen molar-refractivity contribution in [3.8, 4) is 0 Å². The maximum Gasteiger partial charge on any atom is 0.337 e. The van der Waals surface area contributed by atoms with Gasteiger partial charge in [0.1, 0.15) is 5.58 Å². The molecule has 0 saturated heterocycles. The zero-order chi connectivity index (χ0) is 12.7. The van der Waals surface area contributed by atoms with E-state index in [-0.39, 0.29) is 11.1 Å². The maximum atomic E-state index is 11.3. The summed E-state index contributed by atoms with van der Waals surface area (Å²) >= 11 is 0. The van der Waals surface area contributed by atoms with Crippen molar-refractivity contribution in [1.82, 2.24) is 4.98 Å². The first-order chi connectivity index (χ1) is 8.66. The Balaban J connectivity index is 2.63. The molecule has 0 aliphatic carbocycles. The molecule has 0 aliphatic rings. The molecule has 1 aromatic carbocycles. The van der Waals surface area contributed by atoms with Gasteiger partial charge >= 0.3 is 11.6 Å². The quantitative estimate of drug-likeness (QED) is 0.520. The van der Waals surface area contributed by atoms with Crippen LogP contribution in [0.25, 0.3) is 21.9 Å². The van der Waals surface area contributed by atoms with E-state index >= 15 is 0 Å². The third-order valence-electron chi connectivity index (χ3n) is 2.72. The molecule has 5 nitrogen and oxygen atoms in total. The van der Waals surface area contributed by atoms with Crippen LogP contribution in [0.4, 0.5) is 0 Å². The monoisotopic (exact) mass is 241 g/mol. The minimum absolute atomic E-state index is 0.0696. The number of aromatic carboxylic acids is 1. The summed E-state index contributed by atoms with van der Waals surface area (Å²) in [6, 6.07) is 7.68. The Labute approximate surface area is 100 Å². The van der Waals surface area contributed by atoms with Crippen LogP contribution >= 0.6 is 0 Å². The summed E-state index contributed by atoms with van der Waals surface area (Å²) in [7, 11) is 0. The van der Waals surface area contributed by atoms with Crippen LogP contribution in [-0.2, 0) is 0 Å². The van der Waals surface area contributed by atoms with Crippen molar-refractivity contribution in [3.05, 3.63) is 52.5 Å². The Morgan fingerprint density at radius 3 is 2.89 bits per heavy atom. The largest absolute Gasteiger partial charge is 0.478 e. The van der Waals surface area contributed by atoms with E-state index in [1.54, 1.807) is 30.5 Å². The van der Waals surface area contributed by atoms with Gasteiger partial charge < -0.3 is 9.52 Å². The first-order valence-electron chi connectivity index (χ1n) is 5.22. The lowest BCUT2D eigenvalue weighted by molar-refractivity contribution is 0.0698. The second-order valence-electron chi connectivity index (χ2n) is 3.79. The van der Waals surface area contributed by atoms with Gasteiger partial charge in [-0.05, 0) is 18.2 Å². The van der Waals surface area contributed by atoms with Gasteiger partial charge in [0.05, 0.1) is 11.1 Å². The lowest BCUT2D eigenvalue weighted by Gasteiger charge is -2.04. The molecule has 0 fully saturated rings. The van der Waals surface area contributed by atoms with Gasteiger partial charge in [-0.2, -0.15) is 0 Å². The summed E-state index contributed by atoms with van der Waals surface area (Å²) in [6.45, 7) is 0. The molecule has 0 saturated carbocycles. The van der Waals surface area contributed by atoms with Gasteiger partial charge in [-0.25, -0.2) is 9.59 Å². The Bertz CT molecular complexity index is 835. The van der Waals surface area contributed by atoms with Gasteiger partial charge in [-0.1, -0.05) is 6.07 Å². The summed E-state index contributed by atoms with van der Waals surface area (Å²) in [6.07, 6.45) is 1.62. The minimum Gasteiger partial charge on any atom is -0.478 e. The fraction of sp³-hybridized carbons (Fsp3) is 0. The molecule has 18 heavy (non-hydrogen) atoms. The summed E-state index contributed by atoms with van der Waals surface area (Å²) in [5.41, 5.74) is 0.157. The summed E-state index contributed by atoms with van der Waals surface area (Å²) in [5, 5.41) is 10.2. The number of carbonyl (C=O) groups is 1. The number of pyridine rings is 1. The molecule has 3 rings (SSSR count). The molecule has 88 valence electrons. The average molecular weight is 241 g/mol. The Morgan fingerprint density at radius 2 is 2.11 bits per heavy atom. The van der Waals surface area contributed by atoms with Gasteiger partial charge in [0, 0.05) is 23.0 Å². The van der Waals surface area contributed by atoms with Crippen LogP contribution in [0.5, 0.6) is 0 Å². The molecule has 0 amide bonds. The molecule has 1 N–H and O–H groups in total. The molecule has 2 heterocycles. The number of nitrogens with zero attached hydrogens (tertiary/aromatic N) is 1. The Kier molecular flexibility index (Phi) is 2.13. The lowest BCUT2D eigenvalue weighted by Crippen LogP contribution is -2.06. The van der Waals surface area contributed by atoms with Crippen LogP contribution in [0, 0.1) is 0 Å². The number of benzene rings is 1. The summed E-state index contributed by atoms with van der Waals surface area (Å²) < 4.78 is 5.01. The minimum atomic E-state index is -1.16. The third-order valence-corrected chi connectivity index (χ3v) is 2.72. The van der Waals surface area contributed by atoms with Gasteiger partial charge in [0.2, 0.25) is 0 Å². The molecule has 5 heteroatoms. The zero-order valence-corrected chi connectivity index (χ0v) is 9.08. The van der Waals surface area contributed by atoms with Gasteiger partial charge in [-0.3, -0.25) is 4.98 Å². The smallest absolute Gasteiger partial charge is 0.337 e. The Hall–Kier alpha value is -2.69. The van der Waals surface area contributed by atoms with E-state index in [2.05, 4.69) is 4.98 Å². The second kappa shape index (κ2) is 3.66. The molecule has 3 aromatic rings. The topological polar surface area (TPSA) is 80.4 Å². The van der Waals surface area contributed by atoms with Crippen LogP contribution in [0.15, 0.2) is 45.7 Å². The molecular weight excluding hydrogens is 234 g/mol. The summed E-state index contributed by atoms with van der Waals surface area (Å²) in [4.78, 5) is 26.7.